The molecule has 7 rings (SSSR count). The van der Waals surface area contributed by atoms with Gasteiger partial charge in [-0.1, -0.05) is 36.4 Å². The Kier molecular flexibility index (Phi) is 4.12. The fourth-order valence-electron chi connectivity index (χ4n) is 4.88. The molecule has 0 N–H and O–H groups in total. The Labute approximate surface area is 198 Å². The molecule has 5 heteroatoms. The molecular weight excluding hydrogens is 444 g/mol. The molecule has 0 aliphatic rings. The van der Waals surface area contributed by atoms with Gasteiger partial charge in [-0.2, -0.15) is 0 Å². The van der Waals surface area contributed by atoms with Crippen molar-refractivity contribution in [2.45, 2.75) is 6.92 Å². The Morgan fingerprint density at radius 2 is 1.43 bits per heavy atom. The molecule has 0 saturated carbocycles. The van der Waals surface area contributed by atoms with E-state index in [2.05, 4.69) is 4.98 Å². The number of rotatable bonds is 2. The molecule has 7 aromatic rings. The lowest BCUT2D eigenvalue weighted by molar-refractivity contribution is 0.612. The normalized spacial score (nSPS) is 11.9. The maximum atomic E-state index is 15.3. The number of para-hydroxylation sites is 2. The van der Waals surface area contributed by atoms with Crippen LogP contribution in [0.1, 0.15) is 5.56 Å². The highest BCUT2D eigenvalue weighted by Gasteiger charge is 2.20. The zero-order valence-corrected chi connectivity index (χ0v) is 18.6. The SMILES string of the molecule is Cc1cc(-c2cccc3c2oc2c(-c4ccc5c(c4)oc4ccccc45)c(F)ccc23)ncc1F. The summed E-state index contributed by atoms with van der Waals surface area (Å²) in [6.45, 7) is 1.70. The van der Waals surface area contributed by atoms with E-state index in [0.29, 0.717) is 39.1 Å². The van der Waals surface area contributed by atoms with E-state index in [0.717, 1.165) is 32.7 Å². The van der Waals surface area contributed by atoms with E-state index < -0.39 is 0 Å². The molecule has 0 fully saturated rings. The zero-order chi connectivity index (χ0) is 23.7. The lowest BCUT2D eigenvalue weighted by atomic mass is 9.99. The average Bonchev–Trinajstić information content (AvgIpc) is 3.43. The van der Waals surface area contributed by atoms with Gasteiger partial charge in [0.15, 0.2) is 0 Å². The summed E-state index contributed by atoms with van der Waals surface area (Å²) in [5.74, 6) is -0.750. The first-order valence-electron chi connectivity index (χ1n) is 11.3. The van der Waals surface area contributed by atoms with E-state index in [4.69, 9.17) is 8.83 Å². The van der Waals surface area contributed by atoms with Gasteiger partial charge in [0.25, 0.3) is 0 Å². The van der Waals surface area contributed by atoms with Crippen molar-refractivity contribution < 1.29 is 17.6 Å². The van der Waals surface area contributed by atoms with Crippen molar-refractivity contribution in [3.63, 3.8) is 0 Å². The second-order valence-corrected chi connectivity index (χ2v) is 8.71. The summed E-state index contributed by atoms with van der Waals surface area (Å²) in [5, 5.41) is 3.62. The highest BCUT2D eigenvalue weighted by Crippen LogP contribution is 2.42. The molecule has 0 aliphatic heterocycles. The van der Waals surface area contributed by atoms with E-state index in [-0.39, 0.29) is 11.6 Å². The zero-order valence-electron chi connectivity index (χ0n) is 18.6. The molecule has 4 aromatic carbocycles. The number of nitrogens with zero attached hydrogens (tertiary/aromatic N) is 1. The Bertz CT molecular complexity index is 1950. The fraction of sp³-hybridized carbons (Fsp3) is 0.0333. The molecule has 0 unspecified atom stereocenters. The highest BCUT2D eigenvalue weighted by atomic mass is 19.1. The van der Waals surface area contributed by atoms with Gasteiger partial charge in [-0.3, -0.25) is 4.98 Å². The van der Waals surface area contributed by atoms with Gasteiger partial charge in [0.1, 0.15) is 34.0 Å². The second kappa shape index (κ2) is 7.24. The number of furan rings is 2. The van der Waals surface area contributed by atoms with E-state index in [9.17, 15) is 4.39 Å². The standard InChI is InChI=1S/C30H17F2NO2/c1-16-13-25(33-15-24(16)32)22-7-4-6-20-21-11-12-23(31)28(30(21)35-29(20)22)17-9-10-19-18-5-2-3-8-26(18)34-27(19)14-17/h2-15H,1H3. The van der Waals surface area contributed by atoms with Crippen LogP contribution in [0.5, 0.6) is 0 Å². The van der Waals surface area contributed by atoms with Gasteiger partial charge < -0.3 is 8.83 Å². The van der Waals surface area contributed by atoms with E-state index >= 15 is 4.39 Å². The predicted molar refractivity (Wildman–Crippen MR) is 134 cm³/mol. The van der Waals surface area contributed by atoms with E-state index in [1.807, 2.05) is 60.7 Å². The van der Waals surface area contributed by atoms with Crippen LogP contribution in [0.4, 0.5) is 8.78 Å². The van der Waals surface area contributed by atoms with Gasteiger partial charge in [0.05, 0.1) is 17.5 Å². The maximum Gasteiger partial charge on any atom is 0.146 e. The van der Waals surface area contributed by atoms with Crippen LogP contribution in [0.2, 0.25) is 0 Å². The van der Waals surface area contributed by atoms with Crippen LogP contribution in [-0.4, -0.2) is 4.98 Å². The number of aryl methyl sites for hydroxylation is 1. The van der Waals surface area contributed by atoms with Crippen molar-refractivity contribution in [3.8, 4) is 22.4 Å². The Morgan fingerprint density at radius 3 is 2.31 bits per heavy atom. The minimum atomic E-state index is -0.385. The van der Waals surface area contributed by atoms with Crippen LogP contribution in [0.3, 0.4) is 0 Å². The molecule has 0 aliphatic carbocycles. The van der Waals surface area contributed by atoms with Gasteiger partial charge >= 0.3 is 0 Å². The largest absolute Gasteiger partial charge is 0.456 e. The summed E-state index contributed by atoms with van der Waals surface area (Å²) in [4.78, 5) is 4.26. The van der Waals surface area contributed by atoms with E-state index in [1.54, 1.807) is 19.1 Å². The summed E-state index contributed by atoms with van der Waals surface area (Å²) in [6.07, 6.45) is 1.21. The van der Waals surface area contributed by atoms with E-state index in [1.165, 1.54) is 12.3 Å². The fourth-order valence-corrected chi connectivity index (χ4v) is 4.88. The summed E-state index contributed by atoms with van der Waals surface area (Å²) in [5.41, 5.74) is 5.34. The summed E-state index contributed by atoms with van der Waals surface area (Å²) in [7, 11) is 0. The van der Waals surface area contributed by atoms with Crippen molar-refractivity contribution in [3.05, 3.63) is 102 Å². The molecule has 0 bridgehead atoms. The van der Waals surface area contributed by atoms with Crippen LogP contribution in [0.25, 0.3) is 66.3 Å². The first-order chi connectivity index (χ1) is 17.1. The lowest BCUT2D eigenvalue weighted by Crippen LogP contribution is -1.89. The molecule has 0 amide bonds. The van der Waals surface area contributed by atoms with Crippen LogP contribution >= 0.6 is 0 Å². The number of benzene rings is 4. The maximum absolute atomic E-state index is 15.3. The molecule has 0 spiro atoms. The number of aromatic nitrogens is 1. The number of pyridine rings is 1. The highest BCUT2D eigenvalue weighted by molar-refractivity contribution is 6.13. The molecule has 0 radical (unpaired) electrons. The van der Waals surface area contributed by atoms with Crippen molar-refractivity contribution in [2.75, 3.05) is 0 Å². The third-order valence-corrected chi connectivity index (χ3v) is 6.61. The first kappa shape index (κ1) is 19.9. The number of halogens is 2. The van der Waals surface area contributed by atoms with Crippen LogP contribution in [0, 0.1) is 18.6 Å². The molecular formula is C30H17F2NO2. The topological polar surface area (TPSA) is 39.2 Å². The van der Waals surface area contributed by atoms with Gasteiger partial charge in [0.2, 0.25) is 0 Å². The molecule has 3 heterocycles. The van der Waals surface area contributed by atoms with Crippen LogP contribution in [-0.2, 0) is 0 Å². The Balaban J connectivity index is 1.50. The molecule has 168 valence electrons. The van der Waals surface area contributed by atoms with Crippen molar-refractivity contribution in [1.29, 1.82) is 0 Å². The molecule has 0 saturated heterocycles. The first-order valence-corrected chi connectivity index (χ1v) is 11.3. The third-order valence-electron chi connectivity index (χ3n) is 6.61. The van der Waals surface area contributed by atoms with Crippen molar-refractivity contribution >= 4 is 43.9 Å². The lowest BCUT2D eigenvalue weighted by Gasteiger charge is -2.05. The smallest absolute Gasteiger partial charge is 0.146 e. The van der Waals surface area contributed by atoms with Crippen molar-refractivity contribution in [1.82, 2.24) is 4.98 Å². The van der Waals surface area contributed by atoms with Crippen LogP contribution < -0.4 is 0 Å². The number of fused-ring (bicyclic) bond motifs is 6. The quantitative estimate of drug-likeness (QED) is 0.258. The third kappa shape index (κ3) is 2.91. The Hall–Kier alpha value is -4.51. The van der Waals surface area contributed by atoms with Crippen LogP contribution in [0.15, 0.2) is 93.9 Å². The molecule has 3 nitrogen and oxygen atoms in total. The Morgan fingerprint density at radius 1 is 0.657 bits per heavy atom. The summed E-state index contributed by atoms with van der Waals surface area (Å²) in [6, 6.07) is 24.1. The molecule has 0 atom stereocenters. The number of hydrogen-bond donors (Lipinski definition) is 0. The van der Waals surface area contributed by atoms with Gasteiger partial charge in [-0.25, -0.2) is 8.78 Å². The monoisotopic (exact) mass is 461 g/mol. The minimum absolute atomic E-state index is 0.365. The molecule has 35 heavy (non-hydrogen) atoms. The minimum Gasteiger partial charge on any atom is -0.456 e. The summed E-state index contributed by atoms with van der Waals surface area (Å²) < 4.78 is 41.5. The number of hydrogen-bond acceptors (Lipinski definition) is 3. The van der Waals surface area contributed by atoms with Gasteiger partial charge in [-0.15, -0.1) is 0 Å². The van der Waals surface area contributed by atoms with Gasteiger partial charge in [0, 0.05) is 27.1 Å². The second-order valence-electron chi connectivity index (χ2n) is 8.71. The average molecular weight is 461 g/mol. The predicted octanol–water partition coefficient (Wildman–Crippen LogP) is 8.80. The van der Waals surface area contributed by atoms with Gasteiger partial charge in [-0.05, 0) is 60.5 Å². The summed E-state index contributed by atoms with van der Waals surface area (Å²) >= 11 is 0. The van der Waals surface area contributed by atoms with Crippen molar-refractivity contribution in [2.24, 2.45) is 0 Å². The molecule has 3 aromatic heterocycles.